The summed E-state index contributed by atoms with van der Waals surface area (Å²) in [5.41, 5.74) is 2.25. The summed E-state index contributed by atoms with van der Waals surface area (Å²) in [5, 5.41) is 0. The molecule has 0 N–H and O–H groups in total. The largest absolute Gasteiger partial charge is 0.465 e. The molecule has 7 heteroatoms. The van der Waals surface area contributed by atoms with E-state index in [1.807, 2.05) is 0 Å². The number of carbonyl (C=O) groups is 4. The van der Waals surface area contributed by atoms with Crippen molar-refractivity contribution in [3.05, 3.63) is 65.2 Å². The topological polar surface area (TPSA) is 84.0 Å². The number of amides is 3. The fraction of sp³-hybridized carbons (Fsp3) is 0.238. The lowest BCUT2D eigenvalue weighted by molar-refractivity contribution is -0.121. The molecule has 1 heterocycles. The number of carbonyl (C=O) groups excluding carboxylic acids is 4. The molecule has 7 nitrogen and oxygen atoms in total. The van der Waals surface area contributed by atoms with E-state index in [1.54, 1.807) is 60.5 Å². The van der Waals surface area contributed by atoms with Crippen molar-refractivity contribution in [2.75, 3.05) is 19.1 Å². The van der Waals surface area contributed by atoms with Gasteiger partial charge in [-0.3, -0.25) is 19.3 Å². The van der Waals surface area contributed by atoms with Crippen LogP contribution >= 0.6 is 0 Å². The quantitative estimate of drug-likeness (QED) is 0.587. The maximum absolute atomic E-state index is 12.6. The number of imide groups is 1. The summed E-state index contributed by atoms with van der Waals surface area (Å²) < 4.78 is 4.66. The molecule has 0 unspecified atom stereocenters. The maximum atomic E-state index is 12.6. The zero-order chi connectivity index (χ0) is 20.3. The van der Waals surface area contributed by atoms with Crippen molar-refractivity contribution in [3.8, 4) is 0 Å². The first kappa shape index (κ1) is 19.3. The standard InChI is InChI=1S/C21H20N2O5/c1-22(13-14-3-5-16(6-4-14)21(27)28-2)20(26)15-7-9-17(10-8-15)23-18(24)11-12-19(23)25/h3-10H,11-13H2,1-2H3. The second kappa shape index (κ2) is 8.04. The molecule has 2 aromatic carbocycles. The van der Waals surface area contributed by atoms with Gasteiger partial charge in [0.1, 0.15) is 0 Å². The van der Waals surface area contributed by atoms with Crippen molar-refractivity contribution < 1.29 is 23.9 Å². The molecule has 144 valence electrons. The van der Waals surface area contributed by atoms with Crippen LogP contribution in [0.25, 0.3) is 0 Å². The third-order valence-corrected chi connectivity index (χ3v) is 4.57. The molecule has 28 heavy (non-hydrogen) atoms. The molecule has 1 fully saturated rings. The lowest BCUT2D eigenvalue weighted by Crippen LogP contribution is -2.29. The smallest absolute Gasteiger partial charge is 0.337 e. The van der Waals surface area contributed by atoms with E-state index in [-0.39, 0.29) is 30.6 Å². The number of ether oxygens (including phenoxy) is 1. The van der Waals surface area contributed by atoms with Gasteiger partial charge in [-0.25, -0.2) is 4.79 Å². The predicted molar refractivity (Wildman–Crippen MR) is 102 cm³/mol. The van der Waals surface area contributed by atoms with Gasteiger partial charge in [-0.2, -0.15) is 0 Å². The van der Waals surface area contributed by atoms with Crippen molar-refractivity contribution in [1.82, 2.24) is 4.90 Å². The van der Waals surface area contributed by atoms with Gasteiger partial charge in [-0.1, -0.05) is 12.1 Å². The lowest BCUT2D eigenvalue weighted by Gasteiger charge is -2.18. The molecule has 1 saturated heterocycles. The van der Waals surface area contributed by atoms with Crippen LogP contribution in [0.1, 0.15) is 39.1 Å². The molecular weight excluding hydrogens is 360 g/mol. The highest BCUT2D eigenvalue weighted by atomic mass is 16.5. The van der Waals surface area contributed by atoms with Crippen molar-refractivity contribution in [2.45, 2.75) is 19.4 Å². The van der Waals surface area contributed by atoms with E-state index in [4.69, 9.17) is 0 Å². The van der Waals surface area contributed by atoms with E-state index in [0.29, 0.717) is 23.4 Å². The Bertz CT molecular complexity index is 903. The van der Waals surface area contributed by atoms with Crippen molar-refractivity contribution in [1.29, 1.82) is 0 Å². The number of methoxy groups -OCH3 is 1. The van der Waals surface area contributed by atoms with Crippen LogP contribution in [-0.4, -0.2) is 42.7 Å². The van der Waals surface area contributed by atoms with Gasteiger partial charge in [0.2, 0.25) is 11.8 Å². The zero-order valence-corrected chi connectivity index (χ0v) is 15.7. The maximum Gasteiger partial charge on any atom is 0.337 e. The van der Waals surface area contributed by atoms with Crippen LogP contribution < -0.4 is 4.90 Å². The van der Waals surface area contributed by atoms with Gasteiger partial charge in [-0.15, -0.1) is 0 Å². The molecule has 0 aromatic heterocycles. The molecule has 3 amide bonds. The van der Waals surface area contributed by atoms with E-state index >= 15 is 0 Å². The minimum atomic E-state index is -0.411. The van der Waals surface area contributed by atoms with Gasteiger partial charge >= 0.3 is 5.97 Å². The zero-order valence-electron chi connectivity index (χ0n) is 15.7. The number of esters is 1. The number of benzene rings is 2. The van der Waals surface area contributed by atoms with Gasteiger partial charge in [0.15, 0.2) is 0 Å². The van der Waals surface area contributed by atoms with E-state index < -0.39 is 5.97 Å². The number of nitrogens with zero attached hydrogens (tertiary/aromatic N) is 2. The molecule has 1 aliphatic heterocycles. The summed E-state index contributed by atoms with van der Waals surface area (Å²) in [6.45, 7) is 0.366. The first-order chi connectivity index (χ1) is 13.4. The molecule has 0 atom stereocenters. The summed E-state index contributed by atoms with van der Waals surface area (Å²) in [6.07, 6.45) is 0.439. The SMILES string of the molecule is COC(=O)c1ccc(CN(C)C(=O)c2ccc(N3C(=O)CCC3=O)cc2)cc1. The number of hydrogen-bond donors (Lipinski definition) is 0. The second-order valence-corrected chi connectivity index (χ2v) is 6.52. The Hall–Kier alpha value is -3.48. The molecule has 0 saturated carbocycles. The third-order valence-electron chi connectivity index (χ3n) is 4.57. The van der Waals surface area contributed by atoms with Crippen LogP contribution in [-0.2, 0) is 20.9 Å². The molecule has 3 rings (SSSR count). The van der Waals surface area contributed by atoms with E-state index in [0.717, 1.165) is 10.5 Å². The van der Waals surface area contributed by atoms with Crippen LogP contribution in [0.4, 0.5) is 5.69 Å². The highest BCUT2D eigenvalue weighted by Gasteiger charge is 2.30. The average Bonchev–Trinajstić information content (AvgIpc) is 3.05. The predicted octanol–water partition coefficient (Wildman–Crippen LogP) is 2.40. The molecule has 1 aliphatic rings. The van der Waals surface area contributed by atoms with Gasteiger partial charge < -0.3 is 9.64 Å². The molecule has 2 aromatic rings. The normalized spacial score (nSPS) is 13.6. The summed E-state index contributed by atoms with van der Waals surface area (Å²) in [5.74, 6) is -1.05. The fourth-order valence-corrected chi connectivity index (χ4v) is 3.05. The Labute approximate surface area is 162 Å². The number of hydrogen-bond acceptors (Lipinski definition) is 5. The highest BCUT2D eigenvalue weighted by molar-refractivity contribution is 6.19. The summed E-state index contributed by atoms with van der Waals surface area (Å²) in [4.78, 5) is 50.4. The lowest BCUT2D eigenvalue weighted by atomic mass is 10.1. The summed E-state index contributed by atoms with van der Waals surface area (Å²) >= 11 is 0. The van der Waals surface area contributed by atoms with Gasteiger partial charge in [0, 0.05) is 32.0 Å². The van der Waals surface area contributed by atoms with E-state index in [2.05, 4.69) is 4.74 Å². The van der Waals surface area contributed by atoms with Gasteiger partial charge in [0.25, 0.3) is 5.91 Å². The Morgan fingerprint density at radius 3 is 2.00 bits per heavy atom. The molecule has 0 bridgehead atoms. The van der Waals surface area contributed by atoms with Crippen LogP contribution in [0.5, 0.6) is 0 Å². The van der Waals surface area contributed by atoms with E-state index in [9.17, 15) is 19.2 Å². The Kier molecular flexibility index (Phi) is 5.54. The van der Waals surface area contributed by atoms with Crippen molar-refractivity contribution >= 4 is 29.4 Å². The Balaban J connectivity index is 1.67. The fourth-order valence-electron chi connectivity index (χ4n) is 3.05. The minimum absolute atomic E-state index is 0.192. The minimum Gasteiger partial charge on any atom is -0.465 e. The molecule has 0 spiro atoms. The first-order valence-corrected chi connectivity index (χ1v) is 8.79. The van der Waals surface area contributed by atoms with Crippen molar-refractivity contribution in [3.63, 3.8) is 0 Å². The summed E-state index contributed by atoms with van der Waals surface area (Å²) in [6, 6.07) is 13.3. The summed E-state index contributed by atoms with van der Waals surface area (Å²) in [7, 11) is 3.00. The van der Waals surface area contributed by atoms with Crippen LogP contribution in [0.3, 0.4) is 0 Å². The monoisotopic (exact) mass is 380 g/mol. The average molecular weight is 380 g/mol. The number of anilines is 1. The Morgan fingerprint density at radius 2 is 1.46 bits per heavy atom. The number of rotatable bonds is 5. The van der Waals surface area contributed by atoms with E-state index in [1.165, 1.54) is 7.11 Å². The van der Waals surface area contributed by atoms with Gasteiger partial charge in [0.05, 0.1) is 18.4 Å². The molecule has 0 radical (unpaired) electrons. The van der Waals surface area contributed by atoms with Crippen molar-refractivity contribution in [2.24, 2.45) is 0 Å². The van der Waals surface area contributed by atoms with Gasteiger partial charge in [-0.05, 0) is 42.0 Å². The molecule has 0 aliphatic carbocycles. The van der Waals surface area contributed by atoms with Crippen LogP contribution in [0.2, 0.25) is 0 Å². The highest BCUT2D eigenvalue weighted by Crippen LogP contribution is 2.23. The Morgan fingerprint density at radius 1 is 0.929 bits per heavy atom. The van der Waals surface area contributed by atoms with Crippen LogP contribution in [0, 0.1) is 0 Å². The second-order valence-electron chi connectivity index (χ2n) is 6.52. The third kappa shape index (κ3) is 3.93. The molecular formula is C21H20N2O5. The first-order valence-electron chi connectivity index (χ1n) is 8.79. The van der Waals surface area contributed by atoms with Crippen LogP contribution in [0.15, 0.2) is 48.5 Å².